The monoisotopic (exact) mass is 504 g/mol. The van der Waals surface area contributed by atoms with Crippen molar-refractivity contribution in [3.05, 3.63) is 53.7 Å². The third-order valence-corrected chi connectivity index (χ3v) is 6.68. The summed E-state index contributed by atoms with van der Waals surface area (Å²) in [5, 5.41) is 4.32. The summed E-state index contributed by atoms with van der Waals surface area (Å²) in [5.74, 6) is 1.01. The maximum absolute atomic E-state index is 12.7. The first-order valence-corrected chi connectivity index (χ1v) is 12.9. The normalized spacial score (nSPS) is 13.0. The number of primary amides is 1. The molecule has 1 aliphatic rings. The van der Waals surface area contributed by atoms with Crippen molar-refractivity contribution in [2.75, 3.05) is 25.6 Å². The lowest BCUT2D eigenvalue weighted by Crippen LogP contribution is -2.40. The van der Waals surface area contributed by atoms with E-state index in [1.54, 1.807) is 13.3 Å². The Balaban J connectivity index is 1.69. The first-order valence-electron chi connectivity index (χ1n) is 12.9. The topological polar surface area (TPSA) is 107 Å². The molecule has 0 bridgehead atoms. The number of carbonyl (C=O) groups excluding carboxylic acids is 2. The van der Waals surface area contributed by atoms with Crippen LogP contribution in [0.1, 0.15) is 44.7 Å². The average molecular weight is 505 g/mol. The number of benzene rings is 2. The summed E-state index contributed by atoms with van der Waals surface area (Å²) < 4.78 is 11.8. The van der Waals surface area contributed by atoms with Crippen LogP contribution in [-0.4, -0.2) is 48.0 Å². The highest BCUT2D eigenvalue weighted by Crippen LogP contribution is 2.38. The van der Waals surface area contributed by atoms with Crippen LogP contribution in [-0.2, 0) is 22.4 Å². The Bertz CT molecular complexity index is 1290. The molecule has 1 aliphatic carbocycles. The lowest BCUT2D eigenvalue weighted by atomic mass is 10.0. The van der Waals surface area contributed by atoms with Crippen LogP contribution in [0.2, 0.25) is 0 Å². The Hall–Kier alpha value is -3.81. The number of nitrogens with two attached hydrogens (primary N) is 1. The fraction of sp³-hybridized carbons (Fsp3) is 0.414. The van der Waals surface area contributed by atoms with E-state index in [0.29, 0.717) is 35.7 Å². The van der Waals surface area contributed by atoms with Crippen molar-refractivity contribution in [1.82, 2.24) is 9.88 Å². The molecule has 0 aliphatic heterocycles. The summed E-state index contributed by atoms with van der Waals surface area (Å²) in [7, 11) is 1.59. The van der Waals surface area contributed by atoms with E-state index in [9.17, 15) is 9.59 Å². The fourth-order valence-corrected chi connectivity index (χ4v) is 4.51. The Morgan fingerprint density at radius 2 is 1.92 bits per heavy atom. The molecule has 1 aromatic heterocycles. The number of hydrogen-bond donors (Lipinski definition) is 2. The number of methoxy groups -OCH3 is 1. The maximum Gasteiger partial charge on any atom is 0.226 e. The van der Waals surface area contributed by atoms with Crippen molar-refractivity contribution >= 4 is 34.1 Å². The highest BCUT2D eigenvalue weighted by molar-refractivity contribution is 5.98. The van der Waals surface area contributed by atoms with Crippen LogP contribution in [0, 0.1) is 5.92 Å². The van der Waals surface area contributed by atoms with Gasteiger partial charge in [0.15, 0.2) is 11.5 Å². The molecular formula is C29H36N4O4. The van der Waals surface area contributed by atoms with Gasteiger partial charge in [-0.25, -0.2) is 0 Å². The molecule has 37 heavy (non-hydrogen) atoms. The number of aryl methyl sites for hydroxylation is 1. The number of pyridine rings is 1. The number of fused-ring (bicyclic) bond motifs is 1. The van der Waals surface area contributed by atoms with Crippen LogP contribution >= 0.6 is 0 Å². The van der Waals surface area contributed by atoms with Crippen molar-refractivity contribution in [2.45, 2.75) is 52.5 Å². The minimum absolute atomic E-state index is 0.0500. The molecule has 1 saturated carbocycles. The minimum Gasteiger partial charge on any atom is -0.493 e. The molecule has 0 saturated heterocycles. The van der Waals surface area contributed by atoms with Gasteiger partial charge in [-0.05, 0) is 50.8 Å². The Kier molecular flexibility index (Phi) is 8.16. The Morgan fingerprint density at radius 3 is 2.57 bits per heavy atom. The van der Waals surface area contributed by atoms with Crippen LogP contribution in [0.4, 0.5) is 11.4 Å². The van der Waals surface area contributed by atoms with Gasteiger partial charge in [0.2, 0.25) is 11.8 Å². The Morgan fingerprint density at radius 1 is 1.16 bits per heavy atom. The van der Waals surface area contributed by atoms with E-state index >= 15 is 0 Å². The number of nitrogens with zero attached hydrogens (tertiary/aromatic N) is 2. The molecule has 8 nitrogen and oxygen atoms in total. The van der Waals surface area contributed by atoms with Gasteiger partial charge in [0.25, 0.3) is 0 Å². The van der Waals surface area contributed by atoms with E-state index in [1.807, 2.05) is 49.1 Å². The van der Waals surface area contributed by atoms with Crippen LogP contribution in [0.15, 0.2) is 42.6 Å². The molecule has 0 unspecified atom stereocenters. The molecule has 0 radical (unpaired) electrons. The molecule has 3 N–H and O–H groups in total. The second kappa shape index (κ2) is 11.5. The van der Waals surface area contributed by atoms with Crippen LogP contribution in [0.3, 0.4) is 0 Å². The van der Waals surface area contributed by atoms with Gasteiger partial charge in [-0.15, -0.1) is 0 Å². The molecule has 3 aromatic rings. The maximum atomic E-state index is 12.7. The predicted molar refractivity (Wildman–Crippen MR) is 145 cm³/mol. The quantitative estimate of drug-likeness (QED) is 0.373. The largest absolute Gasteiger partial charge is 0.493 e. The molecule has 1 heterocycles. The van der Waals surface area contributed by atoms with Gasteiger partial charge in [0.1, 0.15) is 6.61 Å². The third-order valence-electron chi connectivity index (χ3n) is 6.68. The second-order valence-corrected chi connectivity index (χ2v) is 9.71. The average Bonchev–Trinajstić information content (AvgIpc) is 3.72. The van der Waals surface area contributed by atoms with Crippen LogP contribution in [0.25, 0.3) is 10.9 Å². The standard InChI is InChI=1S/C29H36N4O4/c1-5-19-8-6-7-9-23(19)32-28-21(14-27(30)34)17-31-24-16-25(36-4)26(15-22(24)28)37-13-12-33(18(2)3)29(35)20-10-11-20/h6-9,15-18,20H,5,10-14H2,1-4H3,(H2,30,34)(H,31,32). The molecule has 0 atom stereocenters. The zero-order valence-corrected chi connectivity index (χ0v) is 22.0. The highest BCUT2D eigenvalue weighted by Gasteiger charge is 2.34. The van der Waals surface area contributed by atoms with Crippen LogP contribution < -0.4 is 20.5 Å². The molecule has 196 valence electrons. The highest BCUT2D eigenvalue weighted by atomic mass is 16.5. The van der Waals surface area contributed by atoms with Gasteiger partial charge in [-0.3, -0.25) is 14.6 Å². The number of carbonyl (C=O) groups is 2. The smallest absolute Gasteiger partial charge is 0.226 e. The first kappa shape index (κ1) is 26.3. The van der Waals surface area contributed by atoms with E-state index in [0.717, 1.165) is 41.6 Å². The third kappa shape index (κ3) is 6.13. The number of hydrogen-bond acceptors (Lipinski definition) is 6. The number of amides is 2. The van der Waals surface area contributed by atoms with Crippen molar-refractivity contribution in [1.29, 1.82) is 0 Å². The summed E-state index contributed by atoms with van der Waals surface area (Å²) in [5.41, 5.74) is 9.81. The summed E-state index contributed by atoms with van der Waals surface area (Å²) in [6, 6.07) is 11.9. The number of para-hydroxylation sites is 1. The molecule has 2 aromatic carbocycles. The zero-order chi connectivity index (χ0) is 26.5. The molecule has 2 amide bonds. The summed E-state index contributed by atoms with van der Waals surface area (Å²) in [6.07, 6.45) is 4.52. The number of aromatic nitrogens is 1. The summed E-state index contributed by atoms with van der Waals surface area (Å²) in [4.78, 5) is 31.0. The van der Waals surface area contributed by atoms with Gasteiger partial charge < -0.3 is 25.4 Å². The van der Waals surface area contributed by atoms with Crippen molar-refractivity contribution in [3.8, 4) is 11.5 Å². The van der Waals surface area contributed by atoms with Gasteiger partial charge in [0.05, 0.1) is 31.3 Å². The minimum atomic E-state index is -0.438. The van der Waals surface area contributed by atoms with Gasteiger partial charge in [-0.1, -0.05) is 25.1 Å². The lowest BCUT2D eigenvalue weighted by Gasteiger charge is -2.27. The Labute approximate surface area is 218 Å². The van der Waals surface area contributed by atoms with Crippen molar-refractivity contribution in [3.63, 3.8) is 0 Å². The van der Waals surface area contributed by atoms with E-state index in [4.69, 9.17) is 15.2 Å². The number of rotatable bonds is 12. The SMILES string of the molecule is CCc1ccccc1Nc1c(CC(N)=O)cnc2cc(OC)c(OCCN(C(=O)C3CC3)C(C)C)cc12. The van der Waals surface area contributed by atoms with E-state index in [1.165, 1.54) is 0 Å². The van der Waals surface area contributed by atoms with E-state index in [-0.39, 0.29) is 24.3 Å². The molecule has 4 rings (SSSR count). The number of nitrogens with one attached hydrogen (secondary N) is 1. The lowest BCUT2D eigenvalue weighted by molar-refractivity contribution is -0.134. The molecule has 8 heteroatoms. The first-order chi connectivity index (χ1) is 17.8. The number of anilines is 2. The number of ether oxygens (including phenoxy) is 2. The van der Waals surface area contributed by atoms with Crippen molar-refractivity contribution in [2.24, 2.45) is 11.7 Å². The van der Waals surface area contributed by atoms with E-state index in [2.05, 4.69) is 23.3 Å². The van der Waals surface area contributed by atoms with Gasteiger partial charge in [0, 0.05) is 40.9 Å². The van der Waals surface area contributed by atoms with Gasteiger partial charge in [-0.2, -0.15) is 0 Å². The molecule has 0 spiro atoms. The molecule has 1 fully saturated rings. The second-order valence-electron chi connectivity index (χ2n) is 9.71. The summed E-state index contributed by atoms with van der Waals surface area (Å²) >= 11 is 0. The van der Waals surface area contributed by atoms with Crippen LogP contribution in [0.5, 0.6) is 11.5 Å². The van der Waals surface area contributed by atoms with Crippen molar-refractivity contribution < 1.29 is 19.1 Å². The fourth-order valence-electron chi connectivity index (χ4n) is 4.51. The zero-order valence-electron chi connectivity index (χ0n) is 22.0. The van der Waals surface area contributed by atoms with E-state index < -0.39 is 5.91 Å². The van der Waals surface area contributed by atoms with Gasteiger partial charge >= 0.3 is 0 Å². The predicted octanol–water partition coefficient (Wildman–Crippen LogP) is 4.60. The summed E-state index contributed by atoms with van der Waals surface area (Å²) in [6.45, 7) is 6.96. The molecular weight excluding hydrogens is 468 g/mol.